The van der Waals surface area contributed by atoms with E-state index in [2.05, 4.69) is 84.9 Å². The third-order valence-corrected chi connectivity index (χ3v) is 7.71. The fourth-order valence-electron chi connectivity index (χ4n) is 5.29. The highest BCUT2D eigenvalue weighted by Gasteiger charge is 2.22. The predicted molar refractivity (Wildman–Crippen MR) is 147 cm³/mol. The Morgan fingerprint density at radius 3 is 1.79 bits per heavy atom. The summed E-state index contributed by atoms with van der Waals surface area (Å²) in [6.45, 7) is 15.3. The number of aliphatic hydroxyl groups excluding tert-OH is 1. The van der Waals surface area contributed by atoms with E-state index < -0.39 is 0 Å². The summed E-state index contributed by atoms with van der Waals surface area (Å²) in [5.74, 6) is 0.738. The van der Waals surface area contributed by atoms with Crippen molar-refractivity contribution in [1.29, 1.82) is 0 Å². The number of carbonyl (C=O) groups is 1. The number of hydrogen-bond donors (Lipinski definition) is 1. The zero-order chi connectivity index (χ0) is 25.3. The molecule has 0 atom stereocenters. The summed E-state index contributed by atoms with van der Waals surface area (Å²) in [5, 5.41) is 11.1. The Hall–Kier alpha value is -2.35. The summed E-state index contributed by atoms with van der Waals surface area (Å²) in [4.78, 5) is 13.7. The lowest BCUT2D eigenvalue weighted by molar-refractivity contribution is 0.0978. The Balaban J connectivity index is 2.63. The number of Topliss-reactive ketones (excluding diaryl/α,β-unsaturated/α-hetero) is 1. The largest absolute Gasteiger partial charge is 0.504 e. The van der Waals surface area contributed by atoms with Crippen LogP contribution in [0.25, 0.3) is 6.08 Å². The van der Waals surface area contributed by atoms with Crippen LogP contribution in [-0.2, 0) is 6.42 Å². The third-order valence-electron chi connectivity index (χ3n) is 7.71. The molecule has 0 bridgehead atoms. The maximum Gasteiger partial charge on any atom is 0.227 e. The first-order chi connectivity index (χ1) is 16.4. The maximum atomic E-state index is 13.7. The van der Waals surface area contributed by atoms with Gasteiger partial charge in [-0.2, -0.15) is 0 Å². The number of allylic oxidation sites excluding steroid dienone is 1. The summed E-state index contributed by atoms with van der Waals surface area (Å²) in [5.41, 5.74) is 6.33. The van der Waals surface area contributed by atoms with Crippen molar-refractivity contribution < 1.29 is 9.90 Å². The van der Waals surface area contributed by atoms with Gasteiger partial charge in [0.15, 0.2) is 5.76 Å². The number of benzene rings is 2. The second kappa shape index (κ2) is 13.5. The van der Waals surface area contributed by atoms with Gasteiger partial charge in [0, 0.05) is 5.56 Å². The smallest absolute Gasteiger partial charge is 0.227 e. The van der Waals surface area contributed by atoms with E-state index >= 15 is 0 Å². The van der Waals surface area contributed by atoms with Gasteiger partial charge in [0.2, 0.25) is 5.78 Å². The molecule has 0 fully saturated rings. The van der Waals surface area contributed by atoms with Gasteiger partial charge in [-0.05, 0) is 103 Å². The molecule has 1 N–H and O–H groups in total. The van der Waals surface area contributed by atoms with E-state index in [0.717, 1.165) is 56.1 Å². The van der Waals surface area contributed by atoms with Crippen LogP contribution in [0.3, 0.4) is 0 Å². The van der Waals surface area contributed by atoms with Crippen LogP contribution in [0.1, 0.15) is 143 Å². The van der Waals surface area contributed by atoms with E-state index in [1.165, 1.54) is 16.7 Å². The Morgan fingerprint density at radius 1 is 0.735 bits per heavy atom. The van der Waals surface area contributed by atoms with E-state index in [-0.39, 0.29) is 11.5 Å². The molecule has 2 aromatic carbocycles. The Labute approximate surface area is 208 Å². The molecule has 2 rings (SSSR count). The predicted octanol–water partition coefficient (Wildman–Crippen LogP) is 9.74. The lowest BCUT2D eigenvalue weighted by Crippen LogP contribution is -2.12. The van der Waals surface area contributed by atoms with E-state index in [9.17, 15) is 9.90 Å². The van der Waals surface area contributed by atoms with Crippen LogP contribution in [0.5, 0.6) is 0 Å². The standard InChI is InChI=1S/C32H46O2/c1-8-22-15-17-28(24(11-4)12-5)27(19-22)21-31(33)32(34)30-20-26(23(9-2)10-3)16-18-29(30)25(13-6)14-7/h15-21,23-25,33H,8-14H2,1-7H3/b31-21-. The van der Waals surface area contributed by atoms with Crippen molar-refractivity contribution >= 4 is 11.9 Å². The zero-order valence-corrected chi connectivity index (χ0v) is 22.6. The number of aliphatic hydroxyl groups is 1. The molecule has 0 amide bonds. The molecule has 0 aliphatic carbocycles. The second-order valence-corrected chi connectivity index (χ2v) is 9.56. The number of hydrogen-bond acceptors (Lipinski definition) is 2. The molecular weight excluding hydrogens is 416 g/mol. The van der Waals surface area contributed by atoms with Gasteiger partial charge in [-0.15, -0.1) is 0 Å². The van der Waals surface area contributed by atoms with Crippen LogP contribution in [0.15, 0.2) is 42.2 Å². The van der Waals surface area contributed by atoms with Crippen LogP contribution in [0.2, 0.25) is 0 Å². The molecular formula is C32H46O2. The van der Waals surface area contributed by atoms with E-state index in [1.54, 1.807) is 6.08 Å². The van der Waals surface area contributed by atoms with Crippen molar-refractivity contribution in [1.82, 2.24) is 0 Å². The molecule has 186 valence electrons. The van der Waals surface area contributed by atoms with Crippen molar-refractivity contribution in [3.63, 3.8) is 0 Å². The highest BCUT2D eigenvalue weighted by atomic mass is 16.3. The molecule has 2 heteroatoms. The Morgan fingerprint density at radius 2 is 1.26 bits per heavy atom. The SMILES string of the molecule is CCc1ccc(C(CC)CC)c(/C=C(\O)C(=O)c2cc(C(CC)CC)ccc2C(CC)CC)c1. The first kappa shape index (κ1) is 27.9. The minimum atomic E-state index is -0.257. The average molecular weight is 463 g/mol. The third kappa shape index (κ3) is 6.40. The highest BCUT2D eigenvalue weighted by molar-refractivity contribution is 6.10. The molecule has 0 aromatic heterocycles. The quantitative estimate of drug-likeness (QED) is 0.183. The first-order valence-corrected chi connectivity index (χ1v) is 13.6. The van der Waals surface area contributed by atoms with Crippen LogP contribution in [-0.4, -0.2) is 10.9 Å². The minimum Gasteiger partial charge on any atom is -0.504 e. The van der Waals surface area contributed by atoms with Crippen molar-refractivity contribution in [2.24, 2.45) is 0 Å². The van der Waals surface area contributed by atoms with Crippen LogP contribution in [0.4, 0.5) is 0 Å². The van der Waals surface area contributed by atoms with Gasteiger partial charge in [-0.25, -0.2) is 0 Å². The zero-order valence-electron chi connectivity index (χ0n) is 22.6. The maximum absolute atomic E-state index is 13.7. The molecule has 0 unspecified atom stereocenters. The summed E-state index contributed by atoms with van der Waals surface area (Å²) in [6.07, 6.45) is 8.75. The normalized spacial score (nSPS) is 12.2. The molecule has 2 nitrogen and oxygen atoms in total. The molecule has 0 saturated carbocycles. The lowest BCUT2D eigenvalue weighted by Gasteiger charge is -2.21. The molecule has 0 aliphatic heterocycles. The average Bonchev–Trinajstić information content (AvgIpc) is 2.87. The van der Waals surface area contributed by atoms with Crippen LogP contribution in [0, 0.1) is 0 Å². The number of aryl methyl sites for hydroxylation is 1. The minimum absolute atomic E-state index is 0.158. The van der Waals surface area contributed by atoms with Gasteiger partial charge in [0.25, 0.3) is 0 Å². The lowest BCUT2D eigenvalue weighted by atomic mass is 9.84. The Kier molecular flexibility index (Phi) is 11.1. The van der Waals surface area contributed by atoms with Gasteiger partial charge in [-0.3, -0.25) is 4.79 Å². The molecule has 0 radical (unpaired) electrons. The summed E-state index contributed by atoms with van der Waals surface area (Å²) in [6, 6.07) is 12.9. The fourth-order valence-corrected chi connectivity index (χ4v) is 5.29. The van der Waals surface area contributed by atoms with E-state index in [0.29, 0.717) is 23.3 Å². The number of rotatable bonds is 13. The first-order valence-electron chi connectivity index (χ1n) is 13.6. The number of ketones is 1. The van der Waals surface area contributed by atoms with E-state index in [4.69, 9.17) is 0 Å². The number of carbonyl (C=O) groups excluding carboxylic acids is 1. The van der Waals surface area contributed by atoms with Gasteiger partial charge < -0.3 is 5.11 Å². The van der Waals surface area contributed by atoms with Gasteiger partial charge in [0.05, 0.1) is 0 Å². The van der Waals surface area contributed by atoms with Crippen LogP contribution >= 0.6 is 0 Å². The molecule has 0 saturated heterocycles. The second-order valence-electron chi connectivity index (χ2n) is 9.56. The molecule has 2 aromatic rings. The van der Waals surface area contributed by atoms with E-state index in [1.807, 2.05) is 0 Å². The summed E-state index contributed by atoms with van der Waals surface area (Å²) >= 11 is 0. The monoisotopic (exact) mass is 462 g/mol. The molecule has 0 spiro atoms. The van der Waals surface area contributed by atoms with Gasteiger partial charge in [-0.1, -0.05) is 78.8 Å². The molecule has 0 heterocycles. The van der Waals surface area contributed by atoms with Gasteiger partial charge >= 0.3 is 0 Å². The van der Waals surface area contributed by atoms with Gasteiger partial charge in [0.1, 0.15) is 0 Å². The van der Waals surface area contributed by atoms with Crippen molar-refractivity contribution in [2.45, 2.75) is 111 Å². The summed E-state index contributed by atoms with van der Waals surface area (Å²) in [7, 11) is 0. The molecule has 0 aliphatic rings. The summed E-state index contributed by atoms with van der Waals surface area (Å²) < 4.78 is 0. The highest BCUT2D eigenvalue weighted by Crippen LogP contribution is 2.33. The molecule has 34 heavy (non-hydrogen) atoms. The van der Waals surface area contributed by atoms with Crippen molar-refractivity contribution in [3.05, 3.63) is 75.5 Å². The van der Waals surface area contributed by atoms with Crippen molar-refractivity contribution in [2.75, 3.05) is 0 Å². The van der Waals surface area contributed by atoms with Crippen LogP contribution < -0.4 is 0 Å². The Bertz CT molecular complexity index is 957. The topological polar surface area (TPSA) is 37.3 Å². The fraction of sp³-hybridized carbons (Fsp3) is 0.531. The van der Waals surface area contributed by atoms with Crippen molar-refractivity contribution in [3.8, 4) is 0 Å².